The van der Waals surface area contributed by atoms with E-state index in [-0.39, 0.29) is 18.2 Å². The lowest BCUT2D eigenvalue weighted by atomic mass is 10.1. The van der Waals surface area contributed by atoms with Crippen LogP contribution in [0.5, 0.6) is 0 Å². The zero-order valence-corrected chi connectivity index (χ0v) is 14.2. The van der Waals surface area contributed by atoms with E-state index >= 15 is 0 Å². The van der Waals surface area contributed by atoms with Crippen LogP contribution in [0.1, 0.15) is 30.9 Å². The van der Waals surface area contributed by atoms with Crippen LogP contribution in [-0.2, 0) is 4.74 Å². The van der Waals surface area contributed by atoms with Gasteiger partial charge in [0.25, 0.3) is 0 Å². The molecule has 6 nitrogen and oxygen atoms in total. The van der Waals surface area contributed by atoms with Crippen LogP contribution in [0.25, 0.3) is 6.08 Å². The van der Waals surface area contributed by atoms with Crippen LogP contribution in [0.2, 0.25) is 0 Å². The van der Waals surface area contributed by atoms with E-state index in [1.165, 1.54) is 5.56 Å². The molecule has 1 aliphatic heterocycles. The number of carbonyl (C=O) groups excluding carboxylic acids is 2. The molecule has 0 aromatic heterocycles. The Kier molecular flexibility index (Phi) is 6.66. The van der Waals surface area contributed by atoms with Crippen molar-refractivity contribution >= 4 is 18.2 Å². The van der Waals surface area contributed by atoms with Gasteiger partial charge in [0.05, 0.1) is 6.61 Å². The minimum atomic E-state index is -0.276. The lowest BCUT2D eigenvalue weighted by molar-refractivity contribution is 0.0958. The minimum absolute atomic E-state index is 0.0726. The first kappa shape index (κ1) is 17.8. The zero-order chi connectivity index (χ0) is 17.4. The quantitative estimate of drug-likeness (QED) is 0.891. The van der Waals surface area contributed by atoms with Crippen LogP contribution in [0.3, 0.4) is 0 Å². The Balaban J connectivity index is 1.70. The molecule has 1 aliphatic rings. The van der Waals surface area contributed by atoms with Crippen LogP contribution in [0.15, 0.2) is 30.5 Å². The summed E-state index contributed by atoms with van der Waals surface area (Å²) in [7, 11) is 0. The molecule has 0 unspecified atom stereocenters. The Morgan fingerprint density at radius 2 is 1.92 bits per heavy atom. The van der Waals surface area contributed by atoms with Crippen molar-refractivity contribution in [1.82, 2.24) is 15.5 Å². The van der Waals surface area contributed by atoms with Gasteiger partial charge in [-0.1, -0.05) is 29.8 Å². The number of rotatable bonds is 4. The van der Waals surface area contributed by atoms with E-state index in [1.807, 2.05) is 37.3 Å². The van der Waals surface area contributed by atoms with Gasteiger partial charge >= 0.3 is 12.1 Å². The minimum Gasteiger partial charge on any atom is -0.450 e. The van der Waals surface area contributed by atoms with Crippen molar-refractivity contribution < 1.29 is 14.3 Å². The summed E-state index contributed by atoms with van der Waals surface area (Å²) < 4.78 is 4.98. The highest BCUT2D eigenvalue weighted by Gasteiger charge is 2.24. The Bertz CT molecular complexity index is 576. The molecule has 1 saturated heterocycles. The Morgan fingerprint density at radius 3 is 2.54 bits per heavy atom. The summed E-state index contributed by atoms with van der Waals surface area (Å²) in [6.07, 6.45) is 4.67. The average molecular weight is 331 g/mol. The molecule has 24 heavy (non-hydrogen) atoms. The second-order valence-corrected chi connectivity index (χ2v) is 5.82. The molecule has 1 heterocycles. The molecule has 0 saturated carbocycles. The van der Waals surface area contributed by atoms with Gasteiger partial charge in [0.2, 0.25) is 0 Å². The summed E-state index contributed by atoms with van der Waals surface area (Å²) >= 11 is 0. The molecule has 2 rings (SSSR count). The van der Waals surface area contributed by atoms with Crippen molar-refractivity contribution in [3.05, 3.63) is 41.6 Å². The third-order valence-electron chi connectivity index (χ3n) is 3.92. The number of aryl methyl sites for hydroxylation is 1. The molecule has 2 N–H and O–H groups in total. The third kappa shape index (κ3) is 5.61. The van der Waals surface area contributed by atoms with Gasteiger partial charge in [-0.15, -0.1) is 0 Å². The summed E-state index contributed by atoms with van der Waals surface area (Å²) in [5.74, 6) is 0. The summed E-state index contributed by atoms with van der Waals surface area (Å²) in [6.45, 7) is 5.41. The van der Waals surface area contributed by atoms with Crippen LogP contribution in [0.4, 0.5) is 9.59 Å². The van der Waals surface area contributed by atoms with Crippen molar-refractivity contribution in [2.75, 3.05) is 19.7 Å². The van der Waals surface area contributed by atoms with E-state index in [0.29, 0.717) is 19.7 Å². The summed E-state index contributed by atoms with van der Waals surface area (Å²) in [6, 6.07) is 7.89. The lowest BCUT2D eigenvalue weighted by Crippen LogP contribution is -2.48. The van der Waals surface area contributed by atoms with E-state index in [4.69, 9.17) is 4.74 Å². The first-order chi connectivity index (χ1) is 11.6. The van der Waals surface area contributed by atoms with Crippen molar-refractivity contribution in [2.45, 2.75) is 32.7 Å². The monoisotopic (exact) mass is 331 g/mol. The number of nitrogens with one attached hydrogen (secondary N) is 2. The van der Waals surface area contributed by atoms with E-state index in [1.54, 1.807) is 18.0 Å². The highest BCUT2D eigenvalue weighted by atomic mass is 16.6. The number of urea groups is 1. The predicted molar refractivity (Wildman–Crippen MR) is 93.5 cm³/mol. The summed E-state index contributed by atoms with van der Waals surface area (Å²) in [5.41, 5.74) is 2.23. The zero-order valence-electron chi connectivity index (χ0n) is 14.2. The van der Waals surface area contributed by atoms with Crippen LogP contribution in [0, 0.1) is 6.92 Å². The second kappa shape index (κ2) is 8.96. The van der Waals surface area contributed by atoms with Crippen molar-refractivity contribution in [1.29, 1.82) is 0 Å². The Hall–Kier alpha value is -2.50. The fourth-order valence-corrected chi connectivity index (χ4v) is 2.54. The highest BCUT2D eigenvalue weighted by molar-refractivity contribution is 5.76. The van der Waals surface area contributed by atoms with Crippen LogP contribution >= 0.6 is 0 Å². The third-order valence-corrected chi connectivity index (χ3v) is 3.92. The molecule has 0 atom stereocenters. The van der Waals surface area contributed by atoms with E-state index < -0.39 is 0 Å². The first-order valence-corrected chi connectivity index (χ1v) is 8.30. The van der Waals surface area contributed by atoms with E-state index in [9.17, 15) is 9.59 Å². The first-order valence-electron chi connectivity index (χ1n) is 8.30. The maximum absolute atomic E-state index is 11.9. The highest BCUT2D eigenvalue weighted by Crippen LogP contribution is 2.11. The predicted octanol–water partition coefficient (Wildman–Crippen LogP) is 2.89. The second-order valence-electron chi connectivity index (χ2n) is 5.82. The van der Waals surface area contributed by atoms with Crippen molar-refractivity contribution in [3.8, 4) is 0 Å². The maximum atomic E-state index is 11.9. The Morgan fingerprint density at radius 1 is 1.25 bits per heavy atom. The van der Waals surface area contributed by atoms with Gasteiger partial charge in [0.1, 0.15) is 0 Å². The molecule has 3 amide bonds. The van der Waals surface area contributed by atoms with Gasteiger partial charge in [0.15, 0.2) is 0 Å². The van der Waals surface area contributed by atoms with Gasteiger partial charge in [-0.05, 0) is 38.3 Å². The number of piperidine rings is 1. The van der Waals surface area contributed by atoms with Crippen molar-refractivity contribution in [2.24, 2.45) is 0 Å². The smallest absolute Gasteiger partial charge is 0.409 e. The van der Waals surface area contributed by atoms with Gasteiger partial charge in [0, 0.05) is 25.3 Å². The maximum Gasteiger partial charge on any atom is 0.409 e. The largest absolute Gasteiger partial charge is 0.450 e. The van der Waals surface area contributed by atoms with Gasteiger partial charge in [-0.2, -0.15) is 0 Å². The molecule has 1 fully saturated rings. The molecule has 0 bridgehead atoms. The van der Waals surface area contributed by atoms with Crippen LogP contribution in [-0.4, -0.2) is 42.8 Å². The SMILES string of the molecule is CCOC(=O)N1CCC(NC(=O)N/C=C/c2ccc(C)cc2)CC1. The van der Waals surface area contributed by atoms with Crippen LogP contribution < -0.4 is 10.6 Å². The number of benzene rings is 1. The molecule has 0 spiro atoms. The number of hydrogen-bond acceptors (Lipinski definition) is 3. The summed E-state index contributed by atoms with van der Waals surface area (Å²) in [4.78, 5) is 25.2. The summed E-state index contributed by atoms with van der Waals surface area (Å²) in [5, 5.41) is 5.64. The van der Waals surface area contributed by atoms with E-state index in [2.05, 4.69) is 10.6 Å². The lowest BCUT2D eigenvalue weighted by Gasteiger charge is -2.31. The van der Waals surface area contributed by atoms with Crippen molar-refractivity contribution in [3.63, 3.8) is 0 Å². The van der Waals surface area contributed by atoms with Gasteiger partial charge in [-0.25, -0.2) is 9.59 Å². The molecule has 130 valence electrons. The molecule has 6 heteroatoms. The fraction of sp³-hybridized carbons (Fsp3) is 0.444. The number of amides is 3. The number of hydrogen-bond donors (Lipinski definition) is 2. The molecule has 0 aliphatic carbocycles. The fourth-order valence-electron chi connectivity index (χ4n) is 2.54. The molecule has 0 radical (unpaired) electrons. The number of nitrogens with zero attached hydrogens (tertiary/aromatic N) is 1. The standard InChI is InChI=1S/C18H25N3O3/c1-3-24-18(23)21-12-9-16(10-13-21)20-17(22)19-11-8-15-6-4-14(2)5-7-15/h4-8,11,16H,3,9-10,12-13H2,1-2H3,(H2,19,20,22)/b11-8+. The Labute approximate surface area is 142 Å². The normalized spacial score (nSPS) is 15.3. The number of likely N-dealkylation sites (tertiary alicyclic amines) is 1. The topological polar surface area (TPSA) is 70.7 Å². The number of ether oxygens (including phenoxy) is 1. The van der Waals surface area contributed by atoms with Gasteiger partial charge < -0.3 is 20.3 Å². The van der Waals surface area contributed by atoms with Gasteiger partial charge in [-0.3, -0.25) is 0 Å². The molecular formula is C18H25N3O3. The number of carbonyl (C=O) groups is 2. The molecule has 1 aromatic carbocycles. The molecular weight excluding hydrogens is 306 g/mol. The molecule has 1 aromatic rings. The average Bonchev–Trinajstić information content (AvgIpc) is 2.57. The van der Waals surface area contributed by atoms with E-state index in [0.717, 1.165) is 18.4 Å².